The Morgan fingerprint density at radius 1 is 1.56 bits per heavy atom. The smallest absolute Gasteiger partial charge is 0.145 e. The van der Waals surface area contributed by atoms with Crippen LogP contribution in [-0.2, 0) is 0 Å². The number of rotatable bonds is 4. The largest absolute Gasteiger partial charge is 0.411 e. The summed E-state index contributed by atoms with van der Waals surface area (Å²) in [5.41, 5.74) is 0.223. The van der Waals surface area contributed by atoms with Gasteiger partial charge in [-0.05, 0) is 6.42 Å². The van der Waals surface area contributed by atoms with Crippen molar-refractivity contribution in [3.63, 3.8) is 0 Å². The SMILES string of the molecule is CCCCN1CC(C)(C)CN=C1C=NO.Cl. The Bertz CT molecular complexity index is 264. The lowest BCUT2D eigenvalue weighted by atomic mass is 9.91. The quantitative estimate of drug-likeness (QED) is 0.471. The van der Waals surface area contributed by atoms with E-state index in [4.69, 9.17) is 5.21 Å². The van der Waals surface area contributed by atoms with Gasteiger partial charge in [-0.15, -0.1) is 12.4 Å². The summed E-state index contributed by atoms with van der Waals surface area (Å²) < 4.78 is 0. The van der Waals surface area contributed by atoms with Crippen molar-refractivity contribution in [1.82, 2.24) is 4.90 Å². The zero-order valence-electron chi connectivity index (χ0n) is 10.3. The highest BCUT2D eigenvalue weighted by Crippen LogP contribution is 2.22. The van der Waals surface area contributed by atoms with E-state index in [0.717, 1.165) is 31.9 Å². The van der Waals surface area contributed by atoms with E-state index in [0.29, 0.717) is 0 Å². The van der Waals surface area contributed by atoms with Crippen molar-refractivity contribution in [2.75, 3.05) is 19.6 Å². The molecular formula is C11H22ClN3O. The molecule has 0 aromatic carbocycles. The number of amidine groups is 1. The van der Waals surface area contributed by atoms with E-state index in [1.807, 2.05) is 0 Å². The van der Waals surface area contributed by atoms with Crippen molar-refractivity contribution < 1.29 is 5.21 Å². The summed E-state index contributed by atoms with van der Waals surface area (Å²) in [6.07, 6.45) is 3.75. The molecule has 0 unspecified atom stereocenters. The second-order valence-electron chi connectivity index (χ2n) is 4.86. The molecule has 0 bridgehead atoms. The maximum Gasteiger partial charge on any atom is 0.145 e. The Balaban J connectivity index is 0.00000225. The molecule has 0 aromatic rings. The molecule has 1 N–H and O–H groups in total. The molecular weight excluding hydrogens is 226 g/mol. The molecule has 0 saturated heterocycles. The van der Waals surface area contributed by atoms with Crippen molar-refractivity contribution in [2.45, 2.75) is 33.6 Å². The highest BCUT2D eigenvalue weighted by molar-refractivity contribution is 6.29. The van der Waals surface area contributed by atoms with Gasteiger partial charge >= 0.3 is 0 Å². The fourth-order valence-corrected chi connectivity index (χ4v) is 1.76. The summed E-state index contributed by atoms with van der Waals surface area (Å²) >= 11 is 0. The third-order valence-electron chi connectivity index (χ3n) is 2.57. The summed E-state index contributed by atoms with van der Waals surface area (Å²) in [6, 6.07) is 0. The first-order chi connectivity index (χ1) is 7.09. The monoisotopic (exact) mass is 247 g/mol. The van der Waals surface area contributed by atoms with Crippen LogP contribution in [0.15, 0.2) is 10.1 Å². The first-order valence-electron chi connectivity index (χ1n) is 5.56. The molecule has 0 aliphatic carbocycles. The van der Waals surface area contributed by atoms with E-state index in [1.165, 1.54) is 12.6 Å². The Morgan fingerprint density at radius 3 is 2.81 bits per heavy atom. The highest BCUT2D eigenvalue weighted by Gasteiger charge is 2.27. The van der Waals surface area contributed by atoms with Crippen molar-refractivity contribution in [3.05, 3.63) is 0 Å². The average molecular weight is 248 g/mol. The van der Waals surface area contributed by atoms with Gasteiger partial charge in [0, 0.05) is 25.0 Å². The molecule has 0 aromatic heterocycles. The fourth-order valence-electron chi connectivity index (χ4n) is 1.76. The molecule has 4 nitrogen and oxygen atoms in total. The van der Waals surface area contributed by atoms with Crippen LogP contribution in [0.2, 0.25) is 0 Å². The van der Waals surface area contributed by atoms with Crippen molar-refractivity contribution >= 4 is 24.5 Å². The van der Waals surface area contributed by atoms with E-state index >= 15 is 0 Å². The van der Waals surface area contributed by atoms with E-state index < -0.39 is 0 Å². The summed E-state index contributed by atoms with van der Waals surface area (Å²) in [4.78, 5) is 6.64. The van der Waals surface area contributed by atoms with Crippen molar-refractivity contribution in [3.8, 4) is 0 Å². The standard InChI is InChI=1S/C11H21N3O.ClH/c1-4-5-6-14-9-11(2,3)8-12-10(14)7-13-15;/h7,15H,4-6,8-9H2,1-3H3;1H. The van der Waals surface area contributed by atoms with Gasteiger partial charge in [-0.3, -0.25) is 4.99 Å². The molecule has 1 heterocycles. The first-order valence-corrected chi connectivity index (χ1v) is 5.56. The molecule has 1 aliphatic heterocycles. The second-order valence-corrected chi connectivity index (χ2v) is 4.86. The van der Waals surface area contributed by atoms with Crippen molar-refractivity contribution in [2.24, 2.45) is 15.6 Å². The van der Waals surface area contributed by atoms with Gasteiger partial charge in [-0.2, -0.15) is 0 Å². The third-order valence-corrected chi connectivity index (χ3v) is 2.57. The van der Waals surface area contributed by atoms with Gasteiger partial charge in [0.05, 0.1) is 0 Å². The molecule has 0 fully saturated rings. The summed E-state index contributed by atoms with van der Waals surface area (Å²) in [5.74, 6) is 0.810. The normalized spacial score (nSPS) is 19.4. The minimum absolute atomic E-state index is 0. The summed E-state index contributed by atoms with van der Waals surface area (Å²) in [6.45, 7) is 9.37. The van der Waals surface area contributed by atoms with Gasteiger partial charge in [0.2, 0.25) is 0 Å². The van der Waals surface area contributed by atoms with Crippen LogP contribution in [0.3, 0.4) is 0 Å². The highest BCUT2D eigenvalue weighted by atomic mass is 35.5. The number of halogens is 1. The predicted molar refractivity (Wildman–Crippen MR) is 70.1 cm³/mol. The third kappa shape index (κ3) is 4.39. The molecule has 0 radical (unpaired) electrons. The van der Waals surface area contributed by atoms with Crippen LogP contribution in [0, 0.1) is 5.41 Å². The number of aliphatic imine (C=N–C) groups is 1. The lowest BCUT2D eigenvalue weighted by Crippen LogP contribution is -2.45. The van der Waals surface area contributed by atoms with Gasteiger partial charge in [-0.25, -0.2) is 0 Å². The molecule has 0 amide bonds. The molecule has 0 spiro atoms. The Morgan fingerprint density at radius 2 is 2.25 bits per heavy atom. The van der Waals surface area contributed by atoms with Gasteiger partial charge in [0.15, 0.2) is 0 Å². The van der Waals surface area contributed by atoms with Gasteiger partial charge in [-0.1, -0.05) is 32.3 Å². The molecule has 0 saturated carbocycles. The minimum Gasteiger partial charge on any atom is -0.411 e. The Hall–Kier alpha value is -0.770. The number of hydrogen-bond donors (Lipinski definition) is 1. The lowest BCUT2D eigenvalue weighted by Gasteiger charge is -2.37. The number of nitrogens with zero attached hydrogens (tertiary/aromatic N) is 3. The lowest BCUT2D eigenvalue weighted by molar-refractivity contribution is 0.240. The molecule has 5 heteroatoms. The van der Waals surface area contributed by atoms with Crippen LogP contribution in [0.4, 0.5) is 0 Å². The second kappa shape index (κ2) is 6.74. The van der Waals surface area contributed by atoms with Crippen LogP contribution >= 0.6 is 12.4 Å². The zero-order valence-corrected chi connectivity index (χ0v) is 11.1. The van der Waals surface area contributed by atoms with Gasteiger partial charge in [0.1, 0.15) is 12.1 Å². The van der Waals surface area contributed by atoms with Gasteiger partial charge < -0.3 is 10.1 Å². The number of unbranched alkanes of at least 4 members (excludes halogenated alkanes) is 1. The van der Waals surface area contributed by atoms with Crippen LogP contribution in [-0.4, -0.2) is 41.8 Å². The molecule has 0 atom stereocenters. The maximum absolute atomic E-state index is 8.55. The van der Waals surface area contributed by atoms with Crippen molar-refractivity contribution in [1.29, 1.82) is 0 Å². The molecule has 1 aliphatic rings. The molecule has 94 valence electrons. The number of oxime groups is 1. The summed E-state index contributed by atoms with van der Waals surface area (Å²) in [7, 11) is 0. The van der Waals surface area contributed by atoms with E-state index in [-0.39, 0.29) is 17.8 Å². The summed E-state index contributed by atoms with van der Waals surface area (Å²) in [5, 5.41) is 11.6. The number of hydrogen-bond acceptors (Lipinski definition) is 4. The molecule has 1 rings (SSSR count). The minimum atomic E-state index is 0. The zero-order chi connectivity index (χ0) is 11.3. The topological polar surface area (TPSA) is 48.2 Å². The Kier molecular flexibility index (Phi) is 6.41. The van der Waals surface area contributed by atoms with Crippen LogP contribution in [0.5, 0.6) is 0 Å². The predicted octanol–water partition coefficient (Wildman–Crippen LogP) is 2.41. The van der Waals surface area contributed by atoms with Crippen LogP contribution < -0.4 is 0 Å². The Labute approximate surface area is 104 Å². The van der Waals surface area contributed by atoms with E-state index in [2.05, 4.69) is 35.8 Å². The van der Waals surface area contributed by atoms with Gasteiger partial charge in [0.25, 0.3) is 0 Å². The van der Waals surface area contributed by atoms with E-state index in [1.54, 1.807) is 0 Å². The average Bonchev–Trinajstić information content (AvgIpc) is 2.18. The first kappa shape index (κ1) is 15.2. The molecule has 16 heavy (non-hydrogen) atoms. The van der Waals surface area contributed by atoms with Crippen LogP contribution in [0.1, 0.15) is 33.6 Å². The maximum atomic E-state index is 8.55. The fraction of sp³-hybridized carbons (Fsp3) is 0.818. The van der Waals surface area contributed by atoms with E-state index in [9.17, 15) is 0 Å². The van der Waals surface area contributed by atoms with Crippen LogP contribution in [0.25, 0.3) is 0 Å².